The number of methoxy groups -OCH3 is 1. The van der Waals surface area contributed by atoms with Gasteiger partial charge in [0.1, 0.15) is 5.75 Å². The Morgan fingerprint density at radius 1 is 1.35 bits per heavy atom. The zero-order chi connectivity index (χ0) is 12.1. The third-order valence-electron chi connectivity index (χ3n) is 3.13. The lowest BCUT2D eigenvalue weighted by atomic mass is 10.2. The predicted molar refractivity (Wildman–Crippen MR) is 67.6 cm³/mol. The van der Waals surface area contributed by atoms with Crippen LogP contribution in [0.3, 0.4) is 0 Å². The Morgan fingerprint density at radius 3 is 2.76 bits per heavy atom. The van der Waals surface area contributed by atoms with Crippen LogP contribution < -0.4 is 9.64 Å². The average Bonchev–Trinajstić information content (AvgIpc) is 2.40. The Bertz CT molecular complexity index is 349. The number of aliphatic hydroxyl groups is 1. The molecule has 0 bridgehead atoms. The molecule has 1 aromatic carbocycles. The summed E-state index contributed by atoms with van der Waals surface area (Å²) >= 11 is 0. The molecule has 0 unspecified atom stereocenters. The average molecular weight is 235 g/mol. The number of benzene rings is 1. The first-order chi connectivity index (χ1) is 8.33. The van der Waals surface area contributed by atoms with Crippen LogP contribution in [0.2, 0.25) is 0 Å². The molecule has 1 fully saturated rings. The molecule has 1 radical (unpaired) electrons. The Morgan fingerprint density at radius 2 is 2.12 bits per heavy atom. The Labute approximate surface area is 102 Å². The van der Waals surface area contributed by atoms with E-state index in [4.69, 9.17) is 9.84 Å². The van der Waals surface area contributed by atoms with E-state index in [-0.39, 0.29) is 6.61 Å². The van der Waals surface area contributed by atoms with Crippen LogP contribution in [0.25, 0.3) is 0 Å². The molecular weight excluding hydrogens is 216 g/mol. The molecule has 1 N–H and O–H groups in total. The van der Waals surface area contributed by atoms with Crippen LogP contribution >= 0.6 is 0 Å². The number of aliphatic hydroxyl groups excluding tert-OH is 1. The fraction of sp³-hybridized carbons (Fsp3) is 0.538. The quantitative estimate of drug-likeness (QED) is 0.829. The zero-order valence-corrected chi connectivity index (χ0v) is 10.2. The summed E-state index contributed by atoms with van der Waals surface area (Å²) in [6.07, 6.45) is 0. The summed E-state index contributed by atoms with van der Waals surface area (Å²) in [5, 5.41) is 8.89. The van der Waals surface area contributed by atoms with Crippen molar-refractivity contribution in [1.29, 1.82) is 0 Å². The molecule has 4 nitrogen and oxygen atoms in total. The number of rotatable bonds is 4. The predicted octanol–water partition coefficient (Wildman–Crippen LogP) is 0.610. The maximum Gasteiger partial charge on any atom is 0.128 e. The van der Waals surface area contributed by atoms with Gasteiger partial charge in [0.15, 0.2) is 0 Å². The topological polar surface area (TPSA) is 35.9 Å². The highest BCUT2D eigenvalue weighted by atomic mass is 16.5. The highest BCUT2D eigenvalue weighted by Crippen LogP contribution is 2.21. The number of piperazine rings is 1. The van der Waals surface area contributed by atoms with Gasteiger partial charge in [-0.1, -0.05) is 0 Å². The van der Waals surface area contributed by atoms with Crippen LogP contribution in [0.5, 0.6) is 5.75 Å². The SMILES string of the molecule is COc1[c]ccc(N2CCN(CCO)CC2)c1. The minimum atomic E-state index is 0.244. The first kappa shape index (κ1) is 12.2. The maximum absolute atomic E-state index is 8.89. The third kappa shape index (κ3) is 3.11. The van der Waals surface area contributed by atoms with Crippen LogP contribution in [-0.2, 0) is 0 Å². The van der Waals surface area contributed by atoms with E-state index in [9.17, 15) is 0 Å². The van der Waals surface area contributed by atoms with Crippen molar-refractivity contribution in [3.63, 3.8) is 0 Å². The van der Waals surface area contributed by atoms with Gasteiger partial charge in [-0.25, -0.2) is 0 Å². The molecule has 1 heterocycles. The van der Waals surface area contributed by atoms with Crippen LogP contribution in [0.4, 0.5) is 5.69 Å². The van der Waals surface area contributed by atoms with Gasteiger partial charge >= 0.3 is 0 Å². The minimum absolute atomic E-state index is 0.244. The van der Waals surface area contributed by atoms with Gasteiger partial charge in [-0.15, -0.1) is 0 Å². The van der Waals surface area contributed by atoms with Gasteiger partial charge in [-0.2, -0.15) is 0 Å². The highest BCUT2D eigenvalue weighted by molar-refractivity contribution is 5.50. The van der Waals surface area contributed by atoms with Crippen LogP contribution in [0.1, 0.15) is 0 Å². The summed E-state index contributed by atoms with van der Waals surface area (Å²) in [6.45, 7) is 5.01. The van der Waals surface area contributed by atoms with E-state index in [0.717, 1.165) is 38.5 Å². The van der Waals surface area contributed by atoms with Crippen molar-refractivity contribution in [3.05, 3.63) is 24.3 Å². The van der Waals surface area contributed by atoms with Crippen molar-refractivity contribution >= 4 is 5.69 Å². The van der Waals surface area contributed by atoms with Crippen molar-refractivity contribution in [3.8, 4) is 5.75 Å². The van der Waals surface area contributed by atoms with Gasteiger partial charge < -0.3 is 14.7 Å². The normalized spacial score (nSPS) is 17.2. The molecule has 0 spiro atoms. The molecule has 1 saturated heterocycles. The fourth-order valence-corrected chi connectivity index (χ4v) is 2.12. The van der Waals surface area contributed by atoms with Gasteiger partial charge in [0.25, 0.3) is 0 Å². The lowest BCUT2D eigenvalue weighted by molar-refractivity contribution is 0.189. The van der Waals surface area contributed by atoms with E-state index in [0.29, 0.717) is 0 Å². The van der Waals surface area contributed by atoms with Gasteiger partial charge in [0.2, 0.25) is 0 Å². The Hall–Kier alpha value is -1.26. The number of β-amino-alcohol motifs (C(OH)–C–C–N with tert-alkyl or cyclic N) is 1. The molecule has 0 saturated carbocycles. The number of nitrogens with zero attached hydrogens (tertiary/aromatic N) is 2. The smallest absolute Gasteiger partial charge is 0.128 e. The summed E-state index contributed by atoms with van der Waals surface area (Å²) in [5.41, 5.74) is 1.18. The lowest BCUT2D eigenvalue weighted by Crippen LogP contribution is -2.47. The number of hydrogen-bond acceptors (Lipinski definition) is 4. The van der Waals surface area contributed by atoms with E-state index in [2.05, 4.69) is 21.9 Å². The summed E-state index contributed by atoms with van der Waals surface area (Å²) in [7, 11) is 1.66. The highest BCUT2D eigenvalue weighted by Gasteiger charge is 2.16. The zero-order valence-electron chi connectivity index (χ0n) is 10.2. The van der Waals surface area contributed by atoms with E-state index in [1.54, 1.807) is 7.11 Å². The van der Waals surface area contributed by atoms with Crippen LogP contribution in [-0.4, -0.2) is 56.4 Å². The molecule has 93 valence electrons. The van der Waals surface area contributed by atoms with E-state index < -0.39 is 0 Å². The van der Waals surface area contributed by atoms with Gasteiger partial charge in [0.05, 0.1) is 13.7 Å². The molecule has 0 atom stereocenters. The lowest BCUT2D eigenvalue weighted by Gasteiger charge is -2.35. The largest absolute Gasteiger partial charge is 0.496 e. The second-order valence-corrected chi connectivity index (χ2v) is 4.17. The van der Waals surface area contributed by atoms with Gasteiger partial charge in [-0.05, 0) is 12.1 Å². The van der Waals surface area contributed by atoms with Crippen molar-refractivity contribution < 1.29 is 9.84 Å². The molecule has 2 rings (SSSR count). The molecule has 1 aliphatic rings. The standard InChI is InChI=1S/C13H19N2O2/c1-17-13-4-2-3-12(11-13)15-7-5-14(6-8-15)9-10-16/h2-3,11,16H,5-10H2,1H3. The Kier molecular flexibility index (Phi) is 4.23. The summed E-state index contributed by atoms with van der Waals surface area (Å²) in [4.78, 5) is 4.62. The summed E-state index contributed by atoms with van der Waals surface area (Å²) in [5.74, 6) is 0.778. The van der Waals surface area contributed by atoms with Crippen molar-refractivity contribution in [2.75, 3.05) is 51.3 Å². The second-order valence-electron chi connectivity index (χ2n) is 4.17. The monoisotopic (exact) mass is 235 g/mol. The first-order valence-electron chi connectivity index (χ1n) is 5.97. The van der Waals surface area contributed by atoms with Gasteiger partial charge in [0, 0.05) is 50.5 Å². The first-order valence-corrected chi connectivity index (χ1v) is 5.97. The molecule has 4 heteroatoms. The number of hydrogen-bond donors (Lipinski definition) is 1. The Balaban J connectivity index is 1.95. The van der Waals surface area contributed by atoms with E-state index in [1.165, 1.54) is 5.69 Å². The molecule has 1 aliphatic heterocycles. The molecule has 0 amide bonds. The number of anilines is 1. The summed E-state index contributed by atoms with van der Waals surface area (Å²) in [6, 6.07) is 9.01. The van der Waals surface area contributed by atoms with Crippen molar-refractivity contribution in [2.45, 2.75) is 0 Å². The van der Waals surface area contributed by atoms with Crippen LogP contribution in [0.15, 0.2) is 18.2 Å². The molecular formula is C13H19N2O2. The molecule has 0 aromatic heterocycles. The van der Waals surface area contributed by atoms with Crippen molar-refractivity contribution in [1.82, 2.24) is 4.90 Å². The van der Waals surface area contributed by atoms with Crippen LogP contribution in [0, 0.1) is 6.07 Å². The third-order valence-corrected chi connectivity index (χ3v) is 3.13. The fourth-order valence-electron chi connectivity index (χ4n) is 2.12. The van der Waals surface area contributed by atoms with Gasteiger partial charge in [-0.3, -0.25) is 4.90 Å². The van der Waals surface area contributed by atoms with E-state index >= 15 is 0 Å². The second kappa shape index (κ2) is 5.89. The molecule has 17 heavy (non-hydrogen) atoms. The van der Waals surface area contributed by atoms with E-state index in [1.807, 2.05) is 12.1 Å². The number of ether oxygens (including phenoxy) is 1. The minimum Gasteiger partial charge on any atom is -0.496 e. The maximum atomic E-state index is 8.89. The molecule has 1 aromatic rings. The molecule has 0 aliphatic carbocycles. The summed E-state index contributed by atoms with van der Waals surface area (Å²) < 4.78 is 5.18. The van der Waals surface area contributed by atoms with Crippen molar-refractivity contribution in [2.24, 2.45) is 0 Å².